The van der Waals surface area contributed by atoms with Crippen LogP contribution in [0.1, 0.15) is 57.3 Å². The van der Waals surface area contributed by atoms with Crippen LogP contribution in [0, 0.1) is 33.6 Å². The molecule has 0 atom stereocenters. The van der Waals surface area contributed by atoms with Crippen molar-refractivity contribution in [3.63, 3.8) is 0 Å². The molecule has 1 aromatic heterocycles. The van der Waals surface area contributed by atoms with Gasteiger partial charge in [-0.25, -0.2) is 13.8 Å². The quantitative estimate of drug-likeness (QED) is 0.304. The number of anilines is 1. The lowest BCUT2D eigenvalue weighted by Gasteiger charge is -2.30. The minimum Gasteiger partial charge on any atom is -0.322 e. The van der Waals surface area contributed by atoms with Crippen molar-refractivity contribution in [2.75, 3.05) is 18.4 Å². The smallest absolute Gasteiger partial charge is 0.256 e. The van der Waals surface area contributed by atoms with E-state index in [2.05, 4.69) is 15.8 Å². The Bertz CT molecular complexity index is 1520. The third-order valence-electron chi connectivity index (χ3n) is 7.37. The average molecular weight is 567 g/mol. The molecular weight excluding hydrogens is 532 g/mol. The summed E-state index contributed by atoms with van der Waals surface area (Å²) in [6.45, 7) is 10.1. The fourth-order valence-corrected chi connectivity index (χ4v) is 6.83. The van der Waals surface area contributed by atoms with Gasteiger partial charge in [0.15, 0.2) is 0 Å². The van der Waals surface area contributed by atoms with Crippen molar-refractivity contribution in [3.05, 3.63) is 80.5 Å². The van der Waals surface area contributed by atoms with E-state index in [-0.39, 0.29) is 35.7 Å². The van der Waals surface area contributed by atoms with E-state index in [1.807, 2.05) is 51.3 Å². The minimum absolute atomic E-state index is 0.143. The van der Waals surface area contributed by atoms with Crippen LogP contribution in [-0.4, -0.2) is 43.3 Å². The number of piperidine rings is 1. The number of carbonyl (C=O) groups is 2. The van der Waals surface area contributed by atoms with Crippen molar-refractivity contribution in [2.45, 2.75) is 52.4 Å². The number of aryl methyl sites for hydroxylation is 3. The van der Waals surface area contributed by atoms with Crippen LogP contribution in [0.3, 0.4) is 0 Å². The van der Waals surface area contributed by atoms with Gasteiger partial charge in [0, 0.05) is 35.0 Å². The van der Waals surface area contributed by atoms with Crippen molar-refractivity contribution >= 4 is 44.6 Å². The van der Waals surface area contributed by atoms with Crippen LogP contribution in [0.2, 0.25) is 0 Å². The van der Waals surface area contributed by atoms with Gasteiger partial charge < -0.3 is 5.32 Å². The minimum atomic E-state index is -3.59. The molecule has 0 spiro atoms. The summed E-state index contributed by atoms with van der Waals surface area (Å²) >= 11 is 1.55. The van der Waals surface area contributed by atoms with Gasteiger partial charge in [-0.2, -0.15) is 9.41 Å². The fourth-order valence-electron chi connectivity index (χ4n) is 4.41. The Balaban J connectivity index is 1.30. The number of nitrogens with zero attached hydrogens (tertiary/aromatic N) is 2. The van der Waals surface area contributed by atoms with Gasteiger partial charge >= 0.3 is 0 Å². The van der Waals surface area contributed by atoms with Crippen molar-refractivity contribution in [1.29, 1.82) is 0 Å². The van der Waals surface area contributed by atoms with Crippen molar-refractivity contribution < 1.29 is 18.0 Å². The van der Waals surface area contributed by atoms with Gasteiger partial charge in [-0.15, -0.1) is 11.3 Å². The molecule has 10 heteroatoms. The monoisotopic (exact) mass is 566 g/mol. The summed E-state index contributed by atoms with van der Waals surface area (Å²) in [5.74, 6) is -0.674. The Morgan fingerprint density at radius 2 is 1.64 bits per heavy atom. The number of hydrogen-bond acceptors (Lipinski definition) is 6. The van der Waals surface area contributed by atoms with E-state index in [4.69, 9.17) is 0 Å². The van der Waals surface area contributed by atoms with Gasteiger partial charge in [-0.05, 0) is 94.0 Å². The van der Waals surface area contributed by atoms with Gasteiger partial charge in [-0.3, -0.25) is 9.59 Å². The van der Waals surface area contributed by atoms with E-state index in [9.17, 15) is 18.0 Å². The summed E-state index contributed by atoms with van der Waals surface area (Å²) in [4.78, 5) is 26.7. The Morgan fingerprint density at radius 3 is 2.23 bits per heavy atom. The molecule has 3 aromatic rings. The van der Waals surface area contributed by atoms with Crippen LogP contribution >= 0.6 is 11.3 Å². The topological polar surface area (TPSA) is 108 Å². The molecule has 1 saturated heterocycles. The summed E-state index contributed by atoms with van der Waals surface area (Å²) in [5, 5.41) is 9.03. The van der Waals surface area contributed by atoms with Crippen molar-refractivity contribution in [1.82, 2.24) is 9.73 Å². The molecule has 39 heavy (non-hydrogen) atoms. The maximum Gasteiger partial charge on any atom is 0.256 e. The summed E-state index contributed by atoms with van der Waals surface area (Å²) in [7, 11) is -3.59. The number of sulfonamides is 1. The molecule has 206 valence electrons. The third kappa shape index (κ3) is 6.46. The highest BCUT2D eigenvalue weighted by molar-refractivity contribution is 7.89. The fraction of sp³-hybridized carbons (Fsp3) is 0.345. The van der Waals surface area contributed by atoms with Crippen LogP contribution in [0.5, 0.6) is 0 Å². The summed E-state index contributed by atoms with van der Waals surface area (Å²) in [5.41, 5.74) is 8.39. The third-order valence-corrected chi connectivity index (χ3v) is 10.3. The first-order chi connectivity index (χ1) is 18.5. The normalized spacial score (nSPS) is 15.3. The van der Waals surface area contributed by atoms with Gasteiger partial charge in [0.1, 0.15) is 0 Å². The molecule has 0 unspecified atom stereocenters. The molecule has 4 rings (SSSR count). The average Bonchev–Trinajstić information content (AvgIpc) is 3.26. The number of carbonyl (C=O) groups excluding carboxylic acids is 2. The van der Waals surface area contributed by atoms with E-state index >= 15 is 0 Å². The first-order valence-corrected chi connectivity index (χ1v) is 15.2. The summed E-state index contributed by atoms with van der Waals surface area (Å²) in [6, 6.07) is 12.4. The van der Waals surface area contributed by atoms with E-state index in [1.54, 1.807) is 42.5 Å². The Morgan fingerprint density at radius 1 is 0.974 bits per heavy atom. The van der Waals surface area contributed by atoms with Gasteiger partial charge in [-0.1, -0.05) is 18.2 Å². The zero-order valence-electron chi connectivity index (χ0n) is 22.9. The van der Waals surface area contributed by atoms with Crippen LogP contribution < -0.4 is 10.7 Å². The van der Waals surface area contributed by atoms with Crippen molar-refractivity contribution in [3.8, 4) is 0 Å². The zero-order chi connectivity index (χ0) is 28.3. The molecule has 2 heterocycles. The molecule has 2 aromatic carbocycles. The summed E-state index contributed by atoms with van der Waals surface area (Å²) in [6.07, 6.45) is 0.865. The molecule has 0 saturated carbocycles. The highest BCUT2D eigenvalue weighted by Gasteiger charge is 2.32. The maximum absolute atomic E-state index is 13.1. The highest BCUT2D eigenvalue weighted by Crippen LogP contribution is 2.25. The van der Waals surface area contributed by atoms with Crippen LogP contribution in [0.25, 0.3) is 0 Å². The van der Waals surface area contributed by atoms with Gasteiger partial charge in [0.2, 0.25) is 15.9 Å². The molecule has 1 fully saturated rings. The number of thiophene rings is 1. The second-order valence-corrected chi connectivity index (χ2v) is 13.0. The lowest BCUT2D eigenvalue weighted by atomic mass is 9.98. The first-order valence-electron chi connectivity index (χ1n) is 12.9. The highest BCUT2D eigenvalue weighted by atomic mass is 32.2. The number of nitrogens with one attached hydrogen (secondary N) is 2. The van der Waals surface area contributed by atoms with Crippen LogP contribution in [-0.2, 0) is 14.8 Å². The van der Waals surface area contributed by atoms with Crippen LogP contribution in [0.15, 0.2) is 57.8 Å². The molecule has 0 radical (unpaired) electrons. The standard InChI is InChI=1S/C29H34N4O4S2/c1-18-6-11-26(16-19(18)2)39(36,37)33-14-12-24(13-15-33)28(34)32-31-21(4)23-7-9-25(10-8-23)30-29(35)27-17-38-22(5)20(27)3/h6-11,16-17,24H,12-15H2,1-5H3,(H,30,35)(H,32,34)/b31-21-. The zero-order valence-corrected chi connectivity index (χ0v) is 24.5. The Kier molecular flexibility index (Phi) is 8.68. The molecule has 1 aliphatic heterocycles. The number of hydrogen-bond donors (Lipinski definition) is 2. The largest absolute Gasteiger partial charge is 0.322 e. The number of amides is 2. The maximum atomic E-state index is 13.1. The van der Waals surface area contributed by atoms with Crippen LogP contribution in [0.4, 0.5) is 5.69 Å². The number of benzene rings is 2. The lowest BCUT2D eigenvalue weighted by Crippen LogP contribution is -2.42. The van der Waals surface area contributed by atoms with E-state index in [0.29, 0.717) is 29.8 Å². The van der Waals surface area contributed by atoms with Gasteiger partial charge in [0.05, 0.1) is 16.2 Å². The summed E-state index contributed by atoms with van der Waals surface area (Å²) < 4.78 is 27.6. The van der Waals surface area contributed by atoms with E-state index < -0.39 is 10.0 Å². The molecule has 1 aliphatic rings. The van der Waals surface area contributed by atoms with E-state index in [1.165, 1.54) is 4.31 Å². The lowest BCUT2D eigenvalue weighted by molar-refractivity contribution is -0.126. The van der Waals surface area contributed by atoms with E-state index in [0.717, 1.165) is 27.1 Å². The molecule has 0 aliphatic carbocycles. The number of hydrazone groups is 1. The molecular formula is C29H34N4O4S2. The molecule has 2 N–H and O–H groups in total. The second-order valence-electron chi connectivity index (χ2n) is 9.96. The second kappa shape index (κ2) is 11.8. The molecule has 2 amide bonds. The molecule has 0 bridgehead atoms. The number of rotatable bonds is 7. The van der Waals surface area contributed by atoms with Gasteiger partial charge in [0.25, 0.3) is 5.91 Å². The SMILES string of the molecule is C/C(=N/NC(=O)C1CCN(S(=O)(=O)c2ccc(C)c(C)c2)CC1)c1ccc(NC(=O)c2csc(C)c2C)cc1. The Labute approximate surface area is 234 Å². The first kappa shape index (κ1) is 28.7. The predicted octanol–water partition coefficient (Wildman–Crippen LogP) is 5.18. The van der Waals surface area contributed by atoms with Crippen molar-refractivity contribution in [2.24, 2.45) is 11.0 Å². The molecule has 8 nitrogen and oxygen atoms in total. The Hall–Kier alpha value is -3.34. The predicted molar refractivity (Wildman–Crippen MR) is 156 cm³/mol.